The Morgan fingerprint density at radius 1 is 1.38 bits per heavy atom. The molecule has 29 heavy (non-hydrogen) atoms. The van der Waals surface area contributed by atoms with E-state index in [0.717, 1.165) is 46.8 Å². The normalized spacial score (nSPS) is 13.3. The lowest BCUT2D eigenvalue weighted by Crippen LogP contribution is -2.17. The molecule has 0 saturated heterocycles. The zero-order valence-electron chi connectivity index (χ0n) is 16.4. The van der Waals surface area contributed by atoms with Gasteiger partial charge in [0.15, 0.2) is 0 Å². The van der Waals surface area contributed by atoms with Gasteiger partial charge in [0.25, 0.3) is 5.91 Å². The Balaban J connectivity index is 1.62. The fraction of sp³-hybridized carbons (Fsp3) is 0.273. The highest BCUT2D eigenvalue weighted by Gasteiger charge is 2.23. The predicted octanol–water partition coefficient (Wildman–Crippen LogP) is 4.07. The third kappa shape index (κ3) is 3.59. The van der Waals surface area contributed by atoms with Crippen molar-refractivity contribution in [1.29, 1.82) is 5.26 Å². The zero-order chi connectivity index (χ0) is 20.4. The number of amides is 1. The van der Waals surface area contributed by atoms with Gasteiger partial charge in [-0.15, -0.1) is 11.3 Å². The molecule has 0 atom stereocenters. The van der Waals surface area contributed by atoms with Crippen LogP contribution in [0.15, 0.2) is 35.7 Å². The second kappa shape index (κ2) is 8.02. The van der Waals surface area contributed by atoms with E-state index in [1.165, 1.54) is 23.1 Å². The highest BCUT2D eigenvalue weighted by molar-refractivity contribution is 7.15. The quantitative estimate of drug-likeness (QED) is 0.527. The van der Waals surface area contributed by atoms with Crippen LogP contribution in [0.1, 0.15) is 56.2 Å². The molecule has 4 rings (SSSR count). The minimum Gasteiger partial charge on any atom is -0.308 e. The summed E-state index contributed by atoms with van der Waals surface area (Å²) in [4.78, 5) is 17.4. The van der Waals surface area contributed by atoms with Gasteiger partial charge in [-0.2, -0.15) is 10.4 Å². The van der Waals surface area contributed by atoms with Gasteiger partial charge in [0.1, 0.15) is 11.1 Å². The van der Waals surface area contributed by atoms with Crippen LogP contribution in [0.3, 0.4) is 0 Å². The number of fused-ring (bicyclic) bond motifs is 1. The Labute approximate surface area is 173 Å². The van der Waals surface area contributed by atoms with Crippen molar-refractivity contribution < 1.29 is 4.79 Å². The number of nitrogens with one attached hydrogen (secondary N) is 1. The number of nitrogens with zero attached hydrogens (tertiary/aromatic N) is 4. The van der Waals surface area contributed by atoms with Gasteiger partial charge >= 0.3 is 0 Å². The number of aromatic nitrogens is 2. The third-order valence-corrected chi connectivity index (χ3v) is 6.51. The van der Waals surface area contributed by atoms with E-state index in [-0.39, 0.29) is 5.91 Å². The van der Waals surface area contributed by atoms with Crippen LogP contribution in [0.25, 0.3) is 5.00 Å². The summed E-state index contributed by atoms with van der Waals surface area (Å²) in [5.74, 6) is -0.305. The van der Waals surface area contributed by atoms with E-state index >= 15 is 0 Å². The van der Waals surface area contributed by atoms with E-state index in [2.05, 4.69) is 26.1 Å². The van der Waals surface area contributed by atoms with Crippen molar-refractivity contribution in [2.45, 2.75) is 39.5 Å². The molecule has 3 aromatic heterocycles. The molecule has 0 bridgehead atoms. The number of hydrogen-bond acceptors (Lipinski definition) is 5. The summed E-state index contributed by atoms with van der Waals surface area (Å²) in [6.07, 6.45) is 9.15. The fourth-order valence-electron chi connectivity index (χ4n) is 3.78. The maximum atomic E-state index is 12.1. The Hall–Kier alpha value is -3.24. The Morgan fingerprint density at radius 2 is 2.21 bits per heavy atom. The van der Waals surface area contributed by atoms with Crippen LogP contribution >= 0.6 is 11.3 Å². The van der Waals surface area contributed by atoms with E-state index in [1.807, 2.05) is 19.9 Å². The number of carbonyl (C=O) groups is 1. The molecule has 1 N–H and O–H groups in total. The van der Waals surface area contributed by atoms with Crippen LogP contribution < -0.4 is 5.43 Å². The van der Waals surface area contributed by atoms with Gasteiger partial charge < -0.3 is 4.57 Å². The molecular formula is C22H21N5OS. The number of rotatable bonds is 4. The summed E-state index contributed by atoms with van der Waals surface area (Å²) in [5.41, 5.74) is 7.97. The summed E-state index contributed by atoms with van der Waals surface area (Å²) in [6.45, 7) is 4.04. The number of aryl methyl sites for hydroxylation is 2. The van der Waals surface area contributed by atoms with Crippen molar-refractivity contribution in [2.75, 3.05) is 0 Å². The molecule has 0 aliphatic heterocycles. The van der Waals surface area contributed by atoms with Gasteiger partial charge in [-0.25, -0.2) is 5.43 Å². The minimum absolute atomic E-state index is 0.305. The maximum absolute atomic E-state index is 12.1. The van der Waals surface area contributed by atoms with Crippen LogP contribution in [0.2, 0.25) is 0 Å². The summed E-state index contributed by atoms with van der Waals surface area (Å²) in [5, 5.41) is 14.9. The largest absolute Gasteiger partial charge is 0.308 e. The van der Waals surface area contributed by atoms with Crippen molar-refractivity contribution in [3.05, 3.63) is 69.1 Å². The van der Waals surface area contributed by atoms with Crippen LogP contribution in [-0.4, -0.2) is 21.7 Å². The lowest BCUT2D eigenvalue weighted by atomic mass is 9.96. The zero-order valence-corrected chi connectivity index (χ0v) is 17.2. The highest BCUT2D eigenvalue weighted by Crippen LogP contribution is 2.38. The fourth-order valence-corrected chi connectivity index (χ4v) is 5.23. The molecular weight excluding hydrogens is 382 g/mol. The summed E-state index contributed by atoms with van der Waals surface area (Å²) < 4.78 is 2.13. The monoisotopic (exact) mass is 403 g/mol. The Kier molecular flexibility index (Phi) is 5.28. The second-order valence-corrected chi connectivity index (χ2v) is 8.19. The van der Waals surface area contributed by atoms with Crippen LogP contribution in [-0.2, 0) is 12.8 Å². The lowest BCUT2D eigenvalue weighted by Gasteiger charge is -2.10. The molecule has 1 aliphatic rings. The molecule has 0 spiro atoms. The molecule has 0 saturated carbocycles. The number of hydrogen-bond donors (Lipinski definition) is 1. The second-order valence-electron chi connectivity index (χ2n) is 7.11. The van der Waals surface area contributed by atoms with Crippen molar-refractivity contribution in [1.82, 2.24) is 15.0 Å². The first-order chi connectivity index (χ1) is 14.1. The number of carbonyl (C=O) groups excluding carboxylic acids is 1. The first kappa shape index (κ1) is 19.1. The van der Waals surface area contributed by atoms with E-state index in [9.17, 15) is 10.1 Å². The molecule has 0 radical (unpaired) electrons. The van der Waals surface area contributed by atoms with E-state index in [1.54, 1.807) is 35.9 Å². The topological polar surface area (TPSA) is 83.1 Å². The van der Waals surface area contributed by atoms with E-state index < -0.39 is 0 Å². The number of pyridine rings is 1. The third-order valence-electron chi connectivity index (χ3n) is 5.23. The van der Waals surface area contributed by atoms with Crippen LogP contribution in [0.4, 0.5) is 0 Å². The Bertz CT molecular complexity index is 1130. The molecule has 0 unspecified atom stereocenters. The standard InChI is InChI=1S/C22H21N5OS/c1-14-10-17(13-25-26-21(28)16-6-5-9-24-12-16)15(2)27(14)22-19(11-23)18-7-3-4-8-20(18)29-22/h5-6,9-10,12-13H,3-4,7-8H2,1-2H3,(H,26,28)/b25-13+. The number of thiophene rings is 1. The molecule has 3 aromatic rings. The minimum atomic E-state index is -0.305. The number of nitriles is 1. The molecule has 0 fully saturated rings. The predicted molar refractivity (Wildman–Crippen MR) is 114 cm³/mol. The molecule has 0 aromatic carbocycles. The summed E-state index contributed by atoms with van der Waals surface area (Å²) in [6, 6.07) is 7.85. The van der Waals surface area contributed by atoms with Crippen LogP contribution in [0, 0.1) is 25.2 Å². The van der Waals surface area contributed by atoms with E-state index in [4.69, 9.17) is 0 Å². The molecule has 146 valence electrons. The van der Waals surface area contributed by atoms with Crippen molar-refractivity contribution in [2.24, 2.45) is 5.10 Å². The SMILES string of the molecule is Cc1cc(/C=N/NC(=O)c2cccnc2)c(C)n1-c1sc2c(c1C#N)CCCC2. The maximum Gasteiger partial charge on any atom is 0.272 e. The lowest BCUT2D eigenvalue weighted by molar-refractivity contribution is 0.0955. The average Bonchev–Trinajstić information content (AvgIpc) is 3.24. The van der Waals surface area contributed by atoms with Crippen molar-refractivity contribution >= 4 is 23.5 Å². The molecule has 3 heterocycles. The van der Waals surface area contributed by atoms with Gasteiger partial charge in [-0.05, 0) is 63.3 Å². The van der Waals surface area contributed by atoms with Crippen LogP contribution in [0.5, 0.6) is 0 Å². The molecule has 6 nitrogen and oxygen atoms in total. The molecule has 7 heteroatoms. The van der Waals surface area contributed by atoms with Gasteiger partial charge in [-0.3, -0.25) is 9.78 Å². The molecule has 1 amide bonds. The number of hydrazone groups is 1. The molecule has 1 aliphatic carbocycles. The van der Waals surface area contributed by atoms with Gasteiger partial charge in [0, 0.05) is 34.2 Å². The van der Waals surface area contributed by atoms with E-state index in [0.29, 0.717) is 5.56 Å². The Morgan fingerprint density at radius 3 is 2.97 bits per heavy atom. The van der Waals surface area contributed by atoms with Crippen molar-refractivity contribution in [3.8, 4) is 11.1 Å². The van der Waals surface area contributed by atoms with Gasteiger partial charge in [0.2, 0.25) is 0 Å². The first-order valence-electron chi connectivity index (χ1n) is 9.57. The summed E-state index contributed by atoms with van der Waals surface area (Å²) >= 11 is 1.73. The van der Waals surface area contributed by atoms with Gasteiger partial charge in [-0.1, -0.05) is 0 Å². The van der Waals surface area contributed by atoms with Crippen molar-refractivity contribution in [3.63, 3.8) is 0 Å². The van der Waals surface area contributed by atoms with Gasteiger partial charge in [0.05, 0.1) is 17.3 Å². The average molecular weight is 404 g/mol. The smallest absolute Gasteiger partial charge is 0.272 e. The highest BCUT2D eigenvalue weighted by atomic mass is 32.1. The summed E-state index contributed by atoms with van der Waals surface area (Å²) in [7, 11) is 0. The first-order valence-corrected chi connectivity index (χ1v) is 10.4.